The molecular weight excluding hydrogens is 338 g/mol. The summed E-state index contributed by atoms with van der Waals surface area (Å²) in [6.07, 6.45) is -9.76. The van der Waals surface area contributed by atoms with E-state index in [1.54, 1.807) is 0 Å². The number of aliphatic hydroxyl groups is 4. The molecule has 22 heavy (non-hydrogen) atoms. The Balaban J connectivity index is -0.000000135. The van der Waals surface area contributed by atoms with Crippen LogP contribution in [0, 0.1) is 0 Å². The molecule has 14 heteroatoms. The molecule has 12 nitrogen and oxygen atoms in total. The Bertz CT molecular complexity index is 315. The molecule has 4 unspecified atom stereocenters. The molecule has 116 valence electrons. The van der Waals surface area contributed by atoms with Crippen LogP contribution in [0.15, 0.2) is 0 Å². The first-order chi connectivity index (χ1) is 8.93. The predicted molar refractivity (Wildman–Crippen MR) is 49.8 cm³/mol. The van der Waals surface area contributed by atoms with Crippen molar-refractivity contribution < 1.29 is 111 Å². The number of hydrogen-bond acceptors (Lipinski definition) is 12. The fourth-order valence-corrected chi connectivity index (χ4v) is 0.516. The molecule has 0 bridgehead atoms. The zero-order valence-corrected chi connectivity index (χ0v) is 14.1. The normalized spacial score (nSPS) is 14.4. The summed E-state index contributed by atoms with van der Waals surface area (Å²) in [7, 11) is 0. The SMILES string of the molecule is O=C([O-])C(O)C(O)C(=O)[O-].O=C([O-])C(O)C(O)C(=O)[O-].[B+3].[K+]. The van der Waals surface area contributed by atoms with E-state index in [1.165, 1.54) is 0 Å². The van der Waals surface area contributed by atoms with Crippen molar-refractivity contribution in [3.8, 4) is 0 Å². The van der Waals surface area contributed by atoms with Gasteiger partial charge in [-0.2, -0.15) is 0 Å². The summed E-state index contributed by atoms with van der Waals surface area (Å²) >= 11 is 0. The minimum Gasteiger partial charge on any atom is -0.547 e. The first-order valence-corrected chi connectivity index (χ1v) is 4.49. The van der Waals surface area contributed by atoms with Crippen LogP contribution in [0.4, 0.5) is 0 Å². The van der Waals surface area contributed by atoms with Crippen molar-refractivity contribution in [1.29, 1.82) is 0 Å². The fraction of sp³-hybridized carbons (Fsp3) is 0.500. The second-order valence-corrected chi connectivity index (χ2v) is 3.06. The fourth-order valence-electron chi connectivity index (χ4n) is 0.516. The molecular formula is C8H8BKO12. The van der Waals surface area contributed by atoms with Crippen molar-refractivity contribution in [2.75, 3.05) is 0 Å². The molecule has 4 N–H and O–H groups in total. The molecule has 0 spiro atoms. The van der Waals surface area contributed by atoms with Crippen LogP contribution in [-0.4, -0.2) is 77.1 Å². The van der Waals surface area contributed by atoms with Gasteiger partial charge >= 0.3 is 59.8 Å². The van der Waals surface area contributed by atoms with Gasteiger partial charge in [0.1, 0.15) is 24.4 Å². The van der Waals surface area contributed by atoms with E-state index >= 15 is 0 Å². The van der Waals surface area contributed by atoms with E-state index < -0.39 is 48.3 Å². The van der Waals surface area contributed by atoms with Crippen LogP contribution in [0.2, 0.25) is 0 Å². The molecule has 0 heterocycles. The van der Waals surface area contributed by atoms with Gasteiger partial charge in [0.2, 0.25) is 0 Å². The number of aliphatic carboxylic acids is 4. The van der Waals surface area contributed by atoms with Crippen molar-refractivity contribution in [2.24, 2.45) is 0 Å². The Morgan fingerprint density at radius 1 is 0.545 bits per heavy atom. The first kappa shape index (κ1) is 29.4. The Hall–Kier alpha value is -0.579. The first-order valence-electron chi connectivity index (χ1n) is 4.49. The summed E-state index contributed by atoms with van der Waals surface area (Å²) in [5.41, 5.74) is 0. The second-order valence-electron chi connectivity index (χ2n) is 3.06. The van der Waals surface area contributed by atoms with Crippen LogP contribution in [-0.2, 0) is 19.2 Å². The molecule has 0 saturated carbocycles. The molecule has 0 radical (unpaired) electrons. The van der Waals surface area contributed by atoms with E-state index in [0.29, 0.717) is 0 Å². The standard InChI is InChI=1S/2C4H6O6.B.K/c2*5-1(3(7)8)2(6)4(9)10;;/h2*1-2,5-6H,(H,7,8)(H,9,10);;/q;;+3;+1/p-4. The third-order valence-electron chi connectivity index (χ3n) is 1.56. The molecule has 0 fully saturated rings. The summed E-state index contributed by atoms with van der Waals surface area (Å²) in [6.45, 7) is 0. The van der Waals surface area contributed by atoms with Crippen LogP contribution in [0.25, 0.3) is 0 Å². The molecule has 0 saturated heterocycles. The Morgan fingerprint density at radius 3 is 0.682 bits per heavy atom. The number of carbonyl (C=O) groups is 4. The molecule has 0 aliphatic heterocycles. The van der Waals surface area contributed by atoms with Crippen LogP contribution in [0.3, 0.4) is 0 Å². The minimum absolute atomic E-state index is 0. The molecule has 0 aliphatic rings. The van der Waals surface area contributed by atoms with Crippen LogP contribution in [0.1, 0.15) is 0 Å². The maximum Gasteiger partial charge on any atom is 3.00 e. The number of hydrogen-bond donors (Lipinski definition) is 4. The third kappa shape index (κ3) is 12.0. The topological polar surface area (TPSA) is 241 Å². The zero-order chi connectivity index (χ0) is 16.6. The zero-order valence-electron chi connectivity index (χ0n) is 10.9. The maximum absolute atomic E-state index is 9.63. The quantitative estimate of drug-likeness (QED) is 0.327. The number of rotatable bonds is 6. The van der Waals surface area contributed by atoms with Gasteiger partial charge in [0.15, 0.2) is 0 Å². The molecule has 0 aromatic carbocycles. The average Bonchev–Trinajstić information content (AvgIpc) is 2.35. The van der Waals surface area contributed by atoms with Gasteiger partial charge in [0, 0.05) is 0 Å². The van der Waals surface area contributed by atoms with Gasteiger partial charge in [-0.15, -0.1) is 0 Å². The van der Waals surface area contributed by atoms with E-state index in [2.05, 4.69) is 0 Å². The summed E-state index contributed by atoms with van der Waals surface area (Å²) in [5.74, 6) is -8.23. The summed E-state index contributed by atoms with van der Waals surface area (Å²) < 4.78 is 0. The predicted octanol–water partition coefficient (Wildman–Crippen LogP) is -13.0. The van der Waals surface area contributed by atoms with Gasteiger partial charge in [0.05, 0.1) is 23.9 Å². The number of aliphatic hydroxyl groups excluding tert-OH is 4. The van der Waals surface area contributed by atoms with Gasteiger partial charge in [-0.3, -0.25) is 0 Å². The maximum atomic E-state index is 9.63. The molecule has 0 aromatic rings. The third-order valence-corrected chi connectivity index (χ3v) is 1.56. The second kappa shape index (κ2) is 14.0. The van der Waals surface area contributed by atoms with Crippen molar-refractivity contribution in [3.05, 3.63) is 0 Å². The Morgan fingerprint density at radius 2 is 0.636 bits per heavy atom. The van der Waals surface area contributed by atoms with Gasteiger partial charge in [-0.1, -0.05) is 0 Å². The monoisotopic (exact) mass is 346 g/mol. The van der Waals surface area contributed by atoms with E-state index in [1.807, 2.05) is 0 Å². The van der Waals surface area contributed by atoms with Crippen LogP contribution in [0.5, 0.6) is 0 Å². The van der Waals surface area contributed by atoms with E-state index in [0.717, 1.165) is 0 Å². The molecule has 0 aromatic heterocycles. The number of carboxylic acids is 4. The number of carboxylic acid groups (broad SMARTS) is 4. The number of carbonyl (C=O) groups excluding carboxylic acids is 4. The minimum atomic E-state index is -2.44. The summed E-state index contributed by atoms with van der Waals surface area (Å²) in [6, 6.07) is 0. The molecule has 4 atom stereocenters. The van der Waals surface area contributed by atoms with Gasteiger partial charge in [-0.05, 0) is 0 Å². The largest absolute Gasteiger partial charge is 3.00 e. The van der Waals surface area contributed by atoms with Crippen LogP contribution < -0.4 is 71.8 Å². The van der Waals surface area contributed by atoms with Crippen LogP contribution >= 0.6 is 0 Å². The summed E-state index contributed by atoms with van der Waals surface area (Å²) in [4.78, 5) is 38.5. The van der Waals surface area contributed by atoms with Gasteiger partial charge in [0.25, 0.3) is 0 Å². The van der Waals surface area contributed by atoms with Gasteiger partial charge < -0.3 is 60.0 Å². The van der Waals surface area contributed by atoms with Gasteiger partial charge in [-0.25, -0.2) is 0 Å². The van der Waals surface area contributed by atoms with Crippen molar-refractivity contribution in [3.63, 3.8) is 0 Å². The Labute approximate surface area is 167 Å². The smallest absolute Gasteiger partial charge is 0.547 e. The van der Waals surface area contributed by atoms with E-state index in [4.69, 9.17) is 20.4 Å². The Kier molecular flexibility index (Phi) is 18.8. The van der Waals surface area contributed by atoms with E-state index in [-0.39, 0.29) is 59.8 Å². The van der Waals surface area contributed by atoms with E-state index in [9.17, 15) is 39.6 Å². The molecule has 0 aliphatic carbocycles. The summed E-state index contributed by atoms with van der Waals surface area (Å²) in [5, 5.41) is 71.5. The van der Waals surface area contributed by atoms with Crippen molar-refractivity contribution in [1.82, 2.24) is 0 Å². The average molecular weight is 346 g/mol. The van der Waals surface area contributed by atoms with Crippen molar-refractivity contribution >= 4 is 32.3 Å². The van der Waals surface area contributed by atoms with Crippen molar-refractivity contribution in [2.45, 2.75) is 24.4 Å². The molecule has 0 rings (SSSR count). The molecule has 0 amide bonds.